The zero-order chi connectivity index (χ0) is 24.9. The van der Waals surface area contributed by atoms with Gasteiger partial charge in [-0.25, -0.2) is 4.98 Å². The number of carbonyl (C=O) groups is 2. The van der Waals surface area contributed by atoms with Gasteiger partial charge in [-0.3, -0.25) is 18.8 Å². The van der Waals surface area contributed by atoms with Crippen LogP contribution in [0.1, 0.15) is 44.0 Å². The van der Waals surface area contributed by atoms with Crippen molar-refractivity contribution in [2.45, 2.75) is 33.6 Å². The van der Waals surface area contributed by atoms with Crippen LogP contribution in [-0.4, -0.2) is 52.2 Å². The lowest BCUT2D eigenvalue weighted by Gasteiger charge is -2.36. The molecule has 0 radical (unpaired) electrons. The number of fused-ring (bicyclic) bond motifs is 5. The molecule has 0 unspecified atom stereocenters. The Balaban J connectivity index is 1.67. The van der Waals surface area contributed by atoms with E-state index in [0.29, 0.717) is 59.9 Å². The number of ketones is 1. The minimum atomic E-state index is -0.275. The van der Waals surface area contributed by atoms with E-state index in [4.69, 9.17) is 16.6 Å². The molecule has 0 bridgehead atoms. The molecule has 182 valence electrons. The number of pyridine rings is 2. The van der Waals surface area contributed by atoms with Gasteiger partial charge in [0.05, 0.1) is 15.6 Å². The van der Waals surface area contributed by atoms with Gasteiger partial charge in [0.25, 0.3) is 0 Å². The second-order valence-electron chi connectivity index (χ2n) is 9.24. The Kier molecular flexibility index (Phi) is 6.27. The average molecular weight is 511 g/mol. The van der Waals surface area contributed by atoms with Gasteiger partial charge in [-0.05, 0) is 36.8 Å². The smallest absolute Gasteiger partial charge is 0.225 e. The summed E-state index contributed by atoms with van der Waals surface area (Å²) in [4.78, 5) is 48.5. The summed E-state index contributed by atoms with van der Waals surface area (Å²) in [5.41, 5.74) is 1.30. The average Bonchev–Trinajstić information content (AvgIpc) is 3.21. The Labute approximate surface area is 211 Å². The van der Waals surface area contributed by atoms with E-state index in [1.165, 1.54) is 11.3 Å². The normalized spacial score (nSPS) is 14.5. The number of hydrogen-bond donors (Lipinski definition) is 0. The monoisotopic (exact) mass is 510 g/mol. The maximum Gasteiger partial charge on any atom is 0.225 e. The number of amides is 1. The largest absolute Gasteiger partial charge is 0.353 e. The first-order valence-corrected chi connectivity index (χ1v) is 13.1. The maximum absolute atomic E-state index is 13.5. The van der Waals surface area contributed by atoms with E-state index in [1.807, 2.05) is 54.3 Å². The number of rotatable bonds is 5. The molecule has 3 aromatic heterocycles. The predicted molar refractivity (Wildman–Crippen MR) is 142 cm³/mol. The Hall–Kier alpha value is -2.97. The highest BCUT2D eigenvalue weighted by Gasteiger charge is 2.26. The van der Waals surface area contributed by atoms with Crippen LogP contribution in [-0.2, 0) is 4.79 Å². The van der Waals surface area contributed by atoms with Crippen molar-refractivity contribution in [1.29, 1.82) is 0 Å². The molecule has 1 aliphatic heterocycles. The summed E-state index contributed by atoms with van der Waals surface area (Å²) < 4.78 is 2.84. The highest BCUT2D eigenvalue weighted by atomic mass is 35.5. The van der Waals surface area contributed by atoms with Gasteiger partial charge in [0, 0.05) is 43.5 Å². The number of piperazine rings is 1. The number of benzene rings is 1. The van der Waals surface area contributed by atoms with Crippen LogP contribution in [0.2, 0.25) is 5.02 Å². The fourth-order valence-electron chi connectivity index (χ4n) is 4.70. The van der Waals surface area contributed by atoms with Crippen LogP contribution in [0.5, 0.6) is 0 Å². The van der Waals surface area contributed by atoms with E-state index in [1.54, 1.807) is 6.07 Å². The molecular formula is C26H27ClN4O3S. The molecule has 1 fully saturated rings. The first kappa shape index (κ1) is 23.8. The molecule has 4 heterocycles. The molecule has 1 aromatic carbocycles. The zero-order valence-corrected chi connectivity index (χ0v) is 21.6. The minimum Gasteiger partial charge on any atom is -0.353 e. The predicted octanol–water partition coefficient (Wildman–Crippen LogP) is 5.00. The number of halogens is 1. The van der Waals surface area contributed by atoms with Crippen LogP contribution in [0.15, 0.2) is 35.1 Å². The highest BCUT2D eigenvalue weighted by molar-refractivity contribution is 7.24. The highest BCUT2D eigenvalue weighted by Crippen LogP contribution is 2.33. The summed E-state index contributed by atoms with van der Waals surface area (Å²) in [7, 11) is 0. The van der Waals surface area contributed by atoms with Gasteiger partial charge in [-0.2, -0.15) is 0 Å². The van der Waals surface area contributed by atoms with Gasteiger partial charge >= 0.3 is 0 Å². The molecular weight excluding hydrogens is 484 g/mol. The second-order valence-corrected chi connectivity index (χ2v) is 10.7. The van der Waals surface area contributed by atoms with Crippen LogP contribution in [0.3, 0.4) is 0 Å². The van der Waals surface area contributed by atoms with Crippen molar-refractivity contribution in [1.82, 2.24) is 14.3 Å². The van der Waals surface area contributed by atoms with Gasteiger partial charge < -0.3 is 9.80 Å². The van der Waals surface area contributed by atoms with E-state index in [-0.39, 0.29) is 28.6 Å². The van der Waals surface area contributed by atoms with Crippen molar-refractivity contribution in [2.24, 2.45) is 5.92 Å². The zero-order valence-electron chi connectivity index (χ0n) is 20.0. The first-order chi connectivity index (χ1) is 16.8. The third kappa shape index (κ3) is 4.08. The summed E-state index contributed by atoms with van der Waals surface area (Å²) in [6, 6.07) is 9.18. The Morgan fingerprint density at radius 1 is 1.11 bits per heavy atom. The van der Waals surface area contributed by atoms with E-state index < -0.39 is 0 Å². The molecule has 9 heteroatoms. The molecule has 7 nitrogen and oxygen atoms in total. The lowest BCUT2D eigenvalue weighted by atomic mass is 10.1. The second kappa shape index (κ2) is 9.24. The van der Waals surface area contributed by atoms with Crippen LogP contribution in [0.25, 0.3) is 26.1 Å². The van der Waals surface area contributed by atoms with Gasteiger partial charge in [0.2, 0.25) is 11.3 Å². The summed E-state index contributed by atoms with van der Waals surface area (Å²) in [5.74, 6) is 0.736. The fraction of sp³-hybridized carbons (Fsp3) is 0.385. The maximum atomic E-state index is 13.5. The van der Waals surface area contributed by atoms with Gasteiger partial charge in [-0.15, -0.1) is 11.3 Å². The number of Topliss-reactive ketones (excluding diaryl/α,β-unsaturated/α-hetero) is 1. The molecule has 1 aliphatic rings. The number of nitrogens with zero attached hydrogens (tertiary/aromatic N) is 4. The van der Waals surface area contributed by atoms with Crippen molar-refractivity contribution in [3.63, 3.8) is 0 Å². The van der Waals surface area contributed by atoms with Crippen molar-refractivity contribution in [2.75, 3.05) is 31.1 Å². The van der Waals surface area contributed by atoms with E-state index in [9.17, 15) is 14.4 Å². The van der Waals surface area contributed by atoms with E-state index >= 15 is 0 Å². The lowest BCUT2D eigenvalue weighted by Crippen LogP contribution is -2.50. The van der Waals surface area contributed by atoms with Crippen LogP contribution >= 0.6 is 22.9 Å². The molecule has 0 N–H and O–H groups in total. The Bertz CT molecular complexity index is 1530. The van der Waals surface area contributed by atoms with Crippen LogP contribution in [0, 0.1) is 5.92 Å². The topological polar surface area (TPSA) is 75.0 Å². The number of carbonyl (C=O) groups excluding carboxylic acids is 2. The van der Waals surface area contributed by atoms with Crippen molar-refractivity contribution < 1.29 is 9.59 Å². The molecule has 1 saturated heterocycles. The molecule has 5 rings (SSSR count). The van der Waals surface area contributed by atoms with Gasteiger partial charge in [0.15, 0.2) is 11.4 Å². The Morgan fingerprint density at radius 3 is 2.54 bits per heavy atom. The van der Waals surface area contributed by atoms with Crippen molar-refractivity contribution >= 4 is 66.5 Å². The third-order valence-corrected chi connectivity index (χ3v) is 7.87. The molecule has 0 atom stereocenters. The molecule has 1 amide bonds. The summed E-state index contributed by atoms with van der Waals surface area (Å²) in [6.07, 6.45) is 0.984. The molecule has 0 saturated carbocycles. The SMILES string of the molecule is CCCC(=O)c1c(=O)c2ccc(N3CCN(C(=O)C(C)C)CC3)nc2n2c1sc1ccc(Cl)cc12. The van der Waals surface area contributed by atoms with Crippen LogP contribution < -0.4 is 10.3 Å². The molecule has 0 spiro atoms. The minimum absolute atomic E-state index is 0.0242. The quantitative estimate of drug-likeness (QED) is 0.353. The summed E-state index contributed by atoms with van der Waals surface area (Å²) in [5, 5.41) is 0.992. The van der Waals surface area contributed by atoms with Gasteiger partial charge in [0.1, 0.15) is 16.2 Å². The Morgan fingerprint density at radius 2 is 1.86 bits per heavy atom. The lowest BCUT2D eigenvalue weighted by molar-refractivity contribution is -0.134. The fourth-order valence-corrected chi connectivity index (χ4v) is 6.05. The van der Waals surface area contributed by atoms with E-state index in [0.717, 1.165) is 16.0 Å². The van der Waals surface area contributed by atoms with Gasteiger partial charge in [-0.1, -0.05) is 32.4 Å². The van der Waals surface area contributed by atoms with Crippen molar-refractivity contribution in [3.8, 4) is 0 Å². The number of thiazole rings is 1. The third-order valence-electron chi connectivity index (χ3n) is 6.49. The number of anilines is 1. The van der Waals surface area contributed by atoms with E-state index in [2.05, 4.69) is 4.90 Å². The molecule has 4 aromatic rings. The summed E-state index contributed by atoms with van der Waals surface area (Å²) in [6.45, 7) is 8.36. The molecule has 35 heavy (non-hydrogen) atoms. The number of aromatic nitrogens is 2. The standard InChI is InChI=1S/C26H27ClN4O3S/c1-4-5-19(32)22-23(33)17-7-9-21(29-10-12-30(13-11-29)25(34)15(2)3)28-24(17)31-18-14-16(27)6-8-20(18)35-26(22)31/h6-9,14-15H,4-5,10-13H2,1-3H3. The molecule has 0 aliphatic carbocycles. The van der Waals surface area contributed by atoms with Crippen molar-refractivity contribution in [3.05, 3.63) is 51.1 Å². The number of hydrogen-bond acceptors (Lipinski definition) is 6. The summed E-state index contributed by atoms with van der Waals surface area (Å²) >= 11 is 7.74. The first-order valence-electron chi connectivity index (χ1n) is 11.9. The van der Waals surface area contributed by atoms with Crippen LogP contribution in [0.4, 0.5) is 5.82 Å².